The van der Waals surface area contributed by atoms with Crippen LogP contribution in [0.25, 0.3) is 0 Å². The number of aliphatic hydroxyl groups excluding tert-OH is 2. The number of benzene rings is 1. The predicted octanol–water partition coefficient (Wildman–Crippen LogP) is 0.0334. The molecule has 0 heterocycles. The molecular formula is C14H23NO5. The molecule has 3 N–H and O–H groups in total. The van der Waals surface area contributed by atoms with Crippen LogP contribution < -0.4 is 14.8 Å². The molecule has 0 aliphatic heterocycles. The zero-order valence-electron chi connectivity index (χ0n) is 11.7. The van der Waals surface area contributed by atoms with Crippen LogP contribution >= 0.6 is 0 Å². The van der Waals surface area contributed by atoms with Gasteiger partial charge >= 0.3 is 0 Å². The Labute approximate surface area is 119 Å². The molecule has 0 radical (unpaired) electrons. The van der Waals surface area contributed by atoms with Crippen molar-refractivity contribution >= 4 is 0 Å². The minimum Gasteiger partial charge on any atom is -0.493 e. The molecule has 0 aliphatic rings. The van der Waals surface area contributed by atoms with Gasteiger partial charge in [-0.15, -0.1) is 0 Å². The first-order valence-corrected chi connectivity index (χ1v) is 6.61. The van der Waals surface area contributed by atoms with Gasteiger partial charge in [-0.2, -0.15) is 0 Å². The van der Waals surface area contributed by atoms with Crippen LogP contribution in [-0.2, 0) is 4.74 Å². The quantitative estimate of drug-likeness (QED) is 0.498. The van der Waals surface area contributed by atoms with Crippen LogP contribution in [0.5, 0.6) is 11.5 Å². The molecule has 0 aliphatic carbocycles. The fourth-order valence-electron chi connectivity index (χ4n) is 1.56. The Morgan fingerprint density at radius 1 is 1.20 bits per heavy atom. The van der Waals surface area contributed by atoms with Gasteiger partial charge in [0.25, 0.3) is 0 Å². The summed E-state index contributed by atoms with van der Waals surface area (Å²) in [5, 5.41) is 21.3. The van der Waals surface area contributed by atoms with Gasteiger partial charge in [0.2, 0.25) is 0 Å². The van der Waals surface area contributed by atoms with E-state index in [4.69, 9.17) is 19.3 Å². The Balaban J connectivity index is 2.14. The van der Waals surface area contributed by atoms with E-state index >= 15 is 0 Å². The molecule has 6 nitrogen and oxygen atoms in total. The summed E-state index contributed by atoms with van der Waals surface area (Å²) in [7, 11) is 1.58. The number of methoxy groups -OCH3 is 1. The fraction of sp³-hybridized carbons (Fsp3) is 0.571. The highest BCUT2D eigenvalue weighted by atomic mass is 16.5. The maximum Gasteiger partial charge on any atom is 0.161 e. The van der Waals surface area contributed by atoms with Gasteiger partial charge in [0.05, 0.1) is 26.9 Å². The number of hydrogen-bond acceptors (Lipinski definition) is 6. The molecule has 1 aromatic carbocycles. The number of ether oxygens (including phenoxy) is 3. The lowest BCUT2D eigenvalue weighted by atomic mass is 10.3. The zero-order valence-corrected chi connectivity index (χ0v) is 11.7. The van der Waals surface area contributed by atoms with Gasteiger partial charge in [-0.25, -0.2) is 0 Å². The van der Waals surface area contributed by atoms with Crippen molar-refractivity contribution in [3.63, 3.8) is 0 Å². The van der Waals surface area contributed by atoms with Gasteiger partial charge in [-0.1, -0.05) is 12.1 Å². The molecule has 0 fully saturated rings. The van der Waals surface area contributed by atoms with E-state index in [-0.39, 0.29) is 13.2 Å². The molecule has 114 valence electrons. The van der Waals surface area contributed by atoms with E-state index in [1.807, 2.05) is 12.1 Å². The molecule has 6 heteroatoms. The van der Waals surface area contributed by atoms with E-state index in [9.17, 15) is 5.11 Å². The summed E-state index contributed by atoms with van der Waals surface area (Å²) in [5.74, 6) is 1.25. The summed E-state index contributed by atoms with van der Waals surface area (Å²) in [5.41, 5.74) is 0. The van der Waals surface area contributed by atoms with Crippen LogP contribution in [0.1, 0.15) is 0 Å². The van der Waals surface area contributed by atoms with Gasteiger partial charge in [-0.05, 0) is 12.1 Å². The molecule has 0 bridgehead atoms. The average Bonchev–Trinajstić information content (AvgIpc) is 2.49. The third-order valence-electron chi connectivity index (χ3n) is 2.54. The van der Waals surface area contributed by atoms with Crippen molar-refractivity contribution in [1.29, 1.82) is 0 Å². The van der Waals surface area contributed by atoms with E-state index < -0.39 is 6.10 Å². The monoisotopic (exact) mass is 285 g/mol. The highest BCUT2D eigenvalue weighted by molar-refractivity contribution is 5.39. The van der Waals surface area contributed by atoms with E-state index in [2.05, 4.69) is 5.32 Å². The lowest BCUT2D eigenvalue weighted by molar-refractivity contribution is 0.0838. The van der Waals surface area contributed by atoms with Crippen molar-refractivity contribution in [2.24, 2.45) is 0 Å². The maximum atomic E-state index is 9.77. The van der Waals surface area contributed by atoms with E-state index in [1.165, 1.54) is 0 Å². The maximum absolute atomic E-state index is 9.77. The Hall–Kier alpha value is -1.34. The Kier molecular flexibility index (Phi) is 8.73. The molecule has 20 heavy (non-hydrogen) atoms. The number of aliphatic hydroxyl groups is 2. The summed E-state index contributed by atoms with van der Waals surface area (Å²) in [6, 6.07) is 7.30. The first kappa shape index (κ1) is 16.7. The summed E-state index contributed by atoms with van der Waals surface area (Å²) in [6.45, 7) is 2.07. The first-order valence-electron chi connectivity index (χ1n) is 6.61. The summed E-state index contributed by atoms with van der Waals surface area (Å²) < 4.78 is 15.7. The molecule has 1 atom stereocenters. The van der Waals surface area contributed by atoms with Crippen LogP contribution in [0.4, 0.5) is 0 Å². The second-order valence-electron chi connectivity index (χ2n) is 4.16. The van der Waals surface area contributed by atoms with Crippen LogP contribution in [0, 0.1) is 0 Å². The van der Waals surface area contributed by atoms with Crippen molar-refractivity contribution in [3.05, 3.63) is 24.3 Å². The molecule has 1 aromatic rings. The molecule has 1 rings (SSSR count). The van der Waals surface area contributed by atoms with E-state index in [1.54, 1.807) is 19.2 Å². The average molecular weight is 285 g/mol. The SMILES string of the molecule is COc1ccccc1OCC(O)CNCCOCCO. The third-order valence-corrected chi connectivity index (χ3v) is 2.54. The molecule has 0 saturated carbocycles. The molecule has 0 spiro atoms. The smallest absolute Gasteiger partial charge is 0.161 e. The minimum atomic E-state index is -0.613. The number of para-hydroxylation sites is 2. The van der Waals surface area contributed by atoms with E-state index in [0.717, 1.165) is 0 Å². The standard InChI is InChI=1S/C14H23NO5/c1-18-13-4-2-3-5-14(13)20-11-12(17)10-15-6-8-19-9-7-16/h2-5,12,15-17H,6-11H2,1H3. The van der Waals surface area contributed by atoms with Crippen molar-refractivity contribution in [2.75, 3.05) is 46.6 Å². The topological polar surface area (TPSA) is 80.2 Å². The van der Waals surface area contributed by atoms with Crippen LogP contribution in [-0.4, -0.2) is 62.9 Å². The summed E-state index contributed by atoms with van der Waals surface area (Å²) in [4.78, 5) is 0. The minimum absolute atomic E-state index is 0.0232. The van der Waals surface area contributed by atoms with Crippen LogP contribution in [0.15, 0.2) is 24.3 Å². The van der Waals surface area contributed by atoms with E-state index in [0.29, 0.717) is 37.8 Å². The molecule has 1 unspecified atom stereocenters. The largest absolute Gasteiger partial charge is 0.493 e. The highest BCUT2D eigenvalue weighted by Crippen LogP contribution is 2.25. The number of hydrogen-bond donors (Lipinski definition) is 3. The molecule has 0 amide bonds. The Morgan fingerprint density at radius 2 is 1.95 bits per heavy atom. The van der Waals surface area contributed by atoms with Crippen molar-refractivity contribution in [1.82, 2.24) is 5.32 Å². The first-order chi connectivity index (χ1) is 9.77. The zero-order chi connectivity index (χ0) is 14.6. The lowest BCUT2D eigenvalue weighted by Crippen LogP contribution is -2.33. The van der Waals surface area contributed by atoms with Gasteiger partial charge in [-0.3, -0.25) is 0 Å². The van der Waals surface area contributed by atoms with Gasteiger partial charge < -0.3 is 29.7 Å². The third kappa shape index (κ3) is 6.72. The second-order valence-corrected chi connectivity index (χ2v) is 4.16. The van der Waals surface area contributed by atoms with Crippen LogP contribution in [0.3, 0.4) is 0 Å². The number of rotatable bonds is 11. The molecular weight excluding hydrogens is 262 g/mol. The molecule has 0 aromatic heterocycles. The number of nitrogens with one attached hydrogen (secondary N) is 1. The summed E-state index contributed by atoms with van der Waals surface area (Å²) in [6.07, 6.45) is -0.613. The van der Waals surface area contributed by atoms with Crippen molar-refractivity contribution < 1.29 is 24.4 Å². The Morgan fingerprint density at radius 3 is 2.65 bits per heavy atom. The predicted molar refractivity (Wildman–Crippen MR) is 75.3 cm³/mol. The van der Waals surface area contributed by atoms with Crippen LogP contribution in [0.2, 0.25) is 0 Å². The van der Waals surface area contributed by atoms with Gasteiger partial charge in [0.1, 0.15) is 12.7 Å². The Bertz CT molecular complexity index is 361. The van der Waals surface area contributed by atoms with Crippen molar-refractivity contribution in [2.45, 2.75) is 6.10 Å². The lowest BCUT2D eigenvalue weighted by Gasteiger charge is -2.15. The highest BCUT2D eigenvalue weighted by Gasteiger charge is 2.07. The van der Waals surface area contributed by atoms with Gasteiger partial charge in [0, 0.05) is 13.1 Å². The fourth-order valence-corrected chi connectivity index (χ4v) is 1.56. The molecule has 0 saturated heterocycles. The van der Waals surface area contributed by atoms with Gasteiger partial charge in [0.15, 0.2) is 11.5 Å². The van der Waals surface area contributed by atoms with Crippen molar-refractivity contribution in [3.8, 4) is 11.5 Å². The second kappa shape index (κ2) is 10.4. The normalized spacial score (nSPS) is 12.2. The summed E-state index contributed by atoms with van der Waals surface area (Å²) >= 11 is 0.